The van der Waals surface area contributed by atoms with Gasteiger partial charge in [0.25, 0.3) is 0 Å². The molecule has 0 radical (unpaired) electrons. The van der Waals surface area contributed by atoms with Gasteiger partial charge in [0.2, 0.25) is 0 Å². The molecule has 0 aliphatic heterocycles. The molecule has 1 aromatic rings. The molecule has 0 spiro atoms. The summed E-state index contributed by atoms with van der Waals surface area (Å²) >= 11 is 0. The molecule has 1 heterocycles. The minimum absolute atomic E-state index is 0.183. The van der Waals surface area contributed by atoms with Gasteiger partial charge < -0.3 is 9.63 Å². The molecule has 6 nitrogen and oxygen atoms in total. The van der Waals surface area contributed by atoms with Crippen LogP contribution in [0.5, 0.6) is 0 Å². The maximum atomic E-state index is 10.1. The number of carboxylic acid groups (broad SMARTS) is 1. The summed E-state index contributed by atoms with van der Waals surface area (Å²) in [5, 5.41) is 11.1. The van der Waals surface area contributed by atoms with Crippen molar-refractivity contribution in [2.45, 2.75) is 0 Å². The number of aromatic nitrogens is 2. The van der Waals surface area contributed by atoms with E-state index in [0.717, 1.165) is 6.20 Å². The van der Waals surface area contributed by atoms with E-state index in [0.29, 0.717) is 0 Å². The standard InChI is InChI=1S/C3H2N2O4/c6-2-1-4-5(9-2)3(7)8/h1H,(H,7,8). The molecule has 0 aliphatic rings. The van der Waals surface area contributed by atoms with Crippen molar-refractivity contribution in [3.8, 4) is 0 Å². The number of carbonyl (C=O) groups is 1. The van der Waals surface area contributed by atoms with Gasteiger partial charge in [0.05, 0.1) is 0 Å². The lowest BCUT2D eigenvalue weighted by Crippen LogP contribution is -2.08. The van der Waals surface area contributed by atoms with Crippen LogP contribution in [-0.2, 0) is 0 Å². The zero-order chi connectivity index (χ0) is 6.85. The lowest BCUT2D eigenvalue weighted by molar-refractivity contribution is 0.149. The third-order valence-corrected chi connectivity index (χ3v) is 0.608. The van der Waals surface area contributed by atoms with Crippen LogP contribution in [0.1, 0.15) is 0 Å². The third-order valence-electron chi connectivity index (χ3n) is 0.608. The topological polar surface area (TPSA) is 85.3 Å². The Morgan fingerprint density at radius 3 is 2.78 bits per heavy atom. The van der Waals surface area contributed by atoms with Crippen LogP contribution in [0.25, 0.3) is 0 Å². The minimum Gasteiger partial charge on any atom is -0.461 e. The number of hydrogen-bond donors (Lipinski definition) is 1. The Morgan fingerprint density at radius 1 is 1.89 bits per heavy atom. The number of nitrogens with zero attached hydrogens (tertiary/aromatic N) is 2. The maximum absolute atomic E-state index is 10.1. The average Bonchev–Trinajstić information content (AvgIpc) is 2.14. The molecule has 0 saturated carbocycles. The number of hydrogen-bond acceptors (Lipinski definition) is 4. The zero-order valence-corrected chi connectivity index (χ0v) is 4.14. The van der Waals surface area contributed by atoms with Crippen molar-refractivity contribution in [3.63, 3.8) is 0 Å². The fraction of sp³-hybridized carbons (Fsp3) is 0. The fourth-order valence-electron chi connectivity index (χ4n) is 0.320. The highest BCUT2D eigenvalue weighted by atomic mass is 16.6. The summed E-state index contributed by atoms with van der Waals surface area (Å²) in [6.45, 7) is 0. The van der Waals surface area contributed by atoms with E-state index in [-0.39, 0.29) is 4.85 Å². The Labute approximate surface area is 48.3 Å². The van der Waals surface area contributed by atoms with Crippen LogP contribution in [-0.4, -0.2) is 21.2 Å². The summed E-state index contributed by atoms with van der Waals surface area (Å²) in [5.74, 6) is 0. The van der Waals surface area contributed by atoms with Crippen LogP contribution >= 0.6 is 0 Å². The predicted octanol–water partition coefficient (Wildman–Crippen LogP) is -0.638. The Kier molecular flexibility index (Phi) is 1.07. The van der Waals surface area contributed by atoms with E-state index in [9.17, 15) is 9.59 Å². The highest BCUT2D eigenvalue weighted by Gasteiger charge is 2.02. The van der Waals surface area contributed by atoms with Gasteiger partial charge in [0, 0.05) is 0 Å². The average molecular weight is 130 g/mol. The van der Waals surface area contributed by atoms with Crippen LogP contribution in [0.4, 0.5) is 4.79 Å². The molecule has 0 aromatic carbocycles. The first-order valence-electron chi connectivity index (χ1n) is 1.99. The van der Waals surface area contributed by atoms with Gasteiger partial charge in [-0.15, -0.1) is 5.10 Å². The molecular formula is C3H2N2O4. The Morgan fingerprint density at radius 2 is 2.56 bits per heavy atom. The summed E-state index contributed by atoms with van der Waals surface area (Å²) in [4.78, 5) is 20.1. The van der Waals surface area contributed by atoms with Gasteiger partial charge in [0.15, 0.2) is 0 Å². The van der Waals surface area contributed by atoms with Crippen molar-refractivity contribution in [2.24, 2.45) is 0 Å². The Bertz CT molecular complexity index is 271. The van der Waals surface area contributed by atoms with Crippen molar-refractivity contribution in [1.82, 2.24) is 9.95 Å². The zero-order valence-electron chi connectivity index (χ0n) is 4.14. The summed E-state index contributed by atoms with van der Waals surface area (Å²) in [5.41, 5.74) is -0.780. The van der Waals surface area contributed by atoms with E-state index >= 15 is 0 Å². The molecule has 0 aliphatic carbocycles. The van der Waals surface area contributed by atoms with E-state index in [1.54, 1.807) is 0 Å². The van der Waals surface area contributed by atoms with Crippen molar-refractivity contribution in [2.75, 3.05) is 0 Å². The molecule has 1 N–H and O–H groups in total. The van der Waals surface area contributed by atoms with Gasteiger partial charge in [-0.25, -0.2) is 9.59 Å². The molecule has 1 rings (SSSR count). The van der Waals surface area contributed by atoms with E-state index in [4.69, 9.17) is 5.11 Å². The van der Waals surface area contributed by atoms with Crippen LogP contribution < -0.4 is 5.63 Å². The monoisotopic (exact) mass is 130 g/mol. The van der Waals surface area contributed by atoms with Crippen LogP contribution in [0.2, 0.25) is 0 Å². The van der Waals surface area contributed by atoms with Crippen molar-refractivity contribution >= 4 is 6.09 Å². The first-order valence-corrected chi connectivity index (χ1v) is 1.99. The second-order valence-corrected chi connectivity index (χ2v) is 1.21. The van der Waals surface area contributed by atoms with Gasteiger partial charge in [-0.1, -0.05) is 0 Å². The van der Waals surface area contributed by atoms with Gasteiger partial charge >= 0.3 is 11.7 Å². The predicted molar refractivity (Wildman–Crippen MR) is 24.2 cm³/mol. The molecular weight excluding hydrogens is 128 g/mol. The summed E-state index contributed by atoms with van der Waals surface area (Å²) in [6.07, 6.45) is -0.647. The van der Waals surface area contributed by atoms with Gasteiger partial charge in [-0.2, -0.15) is 0 Å². The van der Waals surface area contributed by atoms with E-state index in [1.807, 2.05) is 0 Å². The Hall–Kier alpha value is -1.59. The van der Waals surface area contributed by atoms with Crippen molar-refractivity contribution in [3.05, 3.63) is 16.6 Å². The van der Waals surface area contributed by atoms with E-state index < -0.39 is 11.7 Å². The quantitative estimate of drug-likeness (QED) is 0.504. The second kappa shape index (κ2) is 1.73. The van der Waals surface area contributed by atoms with Crippen molar-refractivity contribution in [1.29, 1.82) is 0 Å². The van der Waals surface area contributed by atoms with Gasteiger partial charge in [-0.3, -0.25) is 0 Å². The summed E-state index contributed by atoms with van der Waals surface area (Å²) < 4.78 is 4.00. The van der Waals surface area contributed by atoms with Crippen LogP contribution in [0.3, 0.4) is 0 Å². The Balaban J connectivity index is 3.12. The normalized spacial score (nSPS) is 9.33. The lowest BCUT2D eigenvalue weighted by Gasteiger charge is -1.82. The highest BCUT2D eigenvalue weighted by molar-refractivity contribution is 5.64. The first kappa shape index (κ1) is 5.54. The van der Waals surface area contributed by atoms with Crippen LogP contribution in [0.15, 0.2) is 15.5 Å². The molecule has 0 fully saturated rings. The molecule has 48 valence electrons. The lowest BCUT2D eigenvalue weighted by atomic mass is 11.0. The summed E-state index contributed by atoms with van der Waals surface area (Å²) in [6, 6.07) is 0. The van der Waals surface area contributed by atoms with Crippen LogP contribution in [0, 0.1) is 0 Å². The third kappa shape index (κ3) is 0.958. The largest absolute Gasteiger partial charge is 0.463 e. The van der Waals surface area contributed by atoms with E-state index in [2.05, 4.69) is 9.62 Å². The van der Waals surface area contributed by atoms with Crippen molar-refractivity contribution < 1.29 is 14.4 Å². The molecule has 6 heteroatoms. The fourth-order valence-corrected chi connectivity index (χ4v) is 0.320. The molecule has 0 bridgehead atoms. The molecule has 0 amide bonds. The second-order valence-electron chi connectivity index (χ2n) is 1.21. The first-order chi connectivity index (χ1) is 4.20. The molecule has 0 unspecified atom stereocenters. The SMILES string of the molecule is O=C(O)n1ncc(=O)o1. The molecule has 9 heavy (non-hydrogen) atoms. The van der Waals surface area contributed by atoms with E-state index in [1.165, 1.54) is 0 Å². The number of rotatable bonds is 0. The van der Waals surface area contributed by atoms with Gasteiger partial charge in [0.1, 0.15) is 6.20 Å². The molecule has 0 saturated heterocycles. The van der Waals surface area contributed by atoms with Gasteiger partial charge in [-0.05, 0) is 4.85 Å². The minimum atomic E-state index is -1.42. The summed E-state index contributed by atoms with van der Waals surface area (Å²) in [7, 11) is 0. The maximum Gasteiger partial charge on any atom is 0.463 e. The highest BCUT2D eigenvalue weighted by Crippen LogP contribution is 1.73. The molecule has 1 aromatic heterocycles. The molecule has 0 atom stereocenters. The smallest absolute Gasteiger partial charge is 0.461 e.